The fraction of sp³-hybridized carbons (Fsp3) is 0.600. The molecule has 0 spiro atoms. The molecule has 10 nitrogen and oxygen atoms in total. The molecule has 162 valence electrons. The minimum atomic E-state index is -0.232. The number of rotatable bonds is 5. The van der Waals surface area contributed by atoms with E-state index >= 15 is 0 Å². The first-order valence-electron chi connectivity index (χ1n) is 10.3. The van der Waals surface area contributed by atoms with Crippen LogP contribution in [0.2, 0.25) is 0 Å². The van der Waals surface area contributed by atoms with Crippen molar-refractivity contribution < 1.29 is 18.7 Å². The topological polar surface area (TPSA) is 96.9 Å². The normalized spacial score (nSPS) is 23.1. The summed E-state index contributed by atoms with van der Waals surface area (Å²) in [4.78, 5) is 35.8. The lowest BCUT2D eigenvalue weighted by Gasteiger charge is -2.41. The maximum Gasteiger partial charge on any atom is 0.311 e. The predicted octanol–water partition coefficient (Wildman–Crippen LogP) is 0.230. The number of hydrogen-bond acceptors (Lipinski definition) is 8. The highest BCUT2D eigenvalue weighted by Crippen LogP contribution is 2.22. The van der Waals surface area contributed by atoms with Crippen LogP contribution < -0.4 is 0 Å². The van der Waals surface area contributed by atoms with E-state index in [2.05, 4.69) is 19.9 Å². The number of aryl methyl sites for hydroxylation is 1. The van der Waals surface area contributed by atoms with Crippen molar-refractivity contribution in [3.63, 3.8) is 0 Å². The van der Waals surface area contributed by atoms with Gasteiger partial charge >= 0.3 is 5.97 Å². The van der Waals surface area contributed by atoms with Gasteiger partial charge in [0.1, 0.15) is 12.1 Å². The van der Waals surface area contributed by atoms with E-state index in [0.717, 1.165) is 12.3 Å². The zero-order valence-electron chi connectivity index (χ0n) is 17.4. The van der Waals surface area contributed by atoms with Gasteiger partial charge in [-0.1, -0.05) is 0 Å². The molecule has 0 N–H and O–H groups in total. The molecule has 0 radical (unpaired) electrons. The van der Waals surface area contributed by atoms with E-state index < -0.39 is 0 Å². The third-order valence-corrected chi connectivity index (χ3v) is 5.66. The van der Waals surface area contributed by atoms with Gasteiger partial charge in [0.2, 0.25) is 5.82 Å². The van der Waals surface area contributed by atoms with Crippen molar-refractivity contribution in [1.29, 1.82) is 0 Å². The van der Waals surface area contributed by atoms with Crippen LogP contribution in [0.5, 0.6) is 0 Å². The van der Waals surface area contributed by atoms with Crippen molar-refractivity contribution in [3.05, 3.63) is 36.3 Å². The maximum absolute atomic E-state index is 12.8. The van der Waals surface area contributed by atoms with E-state index in [4.69, 9.17) is 9.15 Å². The van der Waals surface area contributed by atoms with Crippen molar-refractivity contribution in [2.24, 2.45) is 13.0 Å². The van der Waals surface area contributed by atoms with Crippen LogP contribution in [0.4, 0.5) is 0 Å². The lowest BCUT2D eigenvalue weighted by molar-refractivity contribution is -0.149. The second kappa shape index (κ2) is 8.97. The van der Waals surface area contributed by atoms with Crippen LogP contribution in [0, 0.1) is 5.92 Å². The number of carbonyl (C=O) groups excluding carboxylic acids is 2. The van der Waals surface area contributed by atoms with Gasteiger partial charge in [0, 0.05) is 52.4 Å². The molecule has 2 atom stereocenters. The lowest BCUT2D eigenvalue weighted by Crippen LogP contribution is -2.57. The molecule has 2 aliphatic rings. The highest BCUT2D eigenvalue weighted by Gasteiger charge is 2.38. The third-order valence-electron chi connectivity index (χ3n) is 5.66. The van der Waals surface area contributed by atoms with Crippen LogP contribution in [0.1, 0.15) is 23.3 Å². The summed E-state index contributed by atoms with van der Waals surface area (Å²) in [5.41, 5.74) is 0. The summed E-state index contributed by atoms with van der Waals surface area (Å²) in [7, 11) is 1.75. The van der Waals surface area contributed by atoms with Crippen LogP contribution >= 0.6 is 0 Å². The van der Waals surface area contributed by atoms with Gasteiger partial charge in [-0.2, -0.15) is 0 Å². The maximum atomic E-state index is 12.8. The Balaban J connectivity index is 1.49. The number of amides is 1. The Bertz CT molecular complexity index is 867. The van der Waals surface area contributed by atoms with Gasteiger partial charge in [-0.3, -0.25) is 24.1 Å². The fourth-order valence-electron chi connectivity index (χ4n) is 4.26. The number of furan rings is 1. The first kappa shape index (κ1) is 20.5. The Morgan fingerprint density at radius 3 is 2.80 bits per heavy atom. The summed E-state index contributed by atoms with van der Waals surface area (Å²) in [5, 5.41) is 4.15. The van der Waals surface area contributed by atoms with E-state index in [1.165, 1.54) is 11.0 Å². The standard InChI is InChI=1S/C20H28N6O4/c1-3-29-20(28)15-9-24(13-17-5-4-8-30-17)11-16-12-26(7-6-25(16)10-15)19(27)18-21-14-23(2)22-18/h4-5,8,14-16H,3,6-7,9-13H2,1-2H3. The molecule has 30 heavy (non-hydrogen) atoms. The quantitative estimate of drug-likeness (QED) is 0.639. The molecule has 0 bridgehead atoms. The summed E-state index contributed by atoms with van der Waals surface area (Å²) in [6.07, 6.45) is 3.19. The fourth-order valence-corrected chi connectivity index (χ4v) is 4.26. The first-order chi connectivity index (χ1) is 14.5. The Kier molecular flexibility index (Phi) is 6.14. The van der Waals surface area contributed by atoms with E-state index in [1.807, 2.05) is 24.0 Å². The monoisotopic (exact) mass is 416 g/mol. The van der Waals surface area contributed by atoms with Crippen molar-refractivity contribution in [2.75, 3.05) is 45.9 Å². The van der Waals surface area contributed by atoms with E-state index in [9.17, 15) is 9.59 Å². The number of ether oxygens (including phenoxy) is 1. The van der Waals surface area contributed by atoms with Gasteiger partial charge in [0.05, 0.1) is 25.3 Å². The van der Waals surface area contributed by atoms with Crippen LogP contribution in [0.25, 0.3) is 0 Å². The van der Waals surface area contributed by atoms with Gasteiger partial charge in [0.15, 0.2) is 0 Å². The molecule has 0 saturated carbocycles. The van der Waals surface area contributed by atoms with Gasteiger partial charge in [0.25, 0.3) is 5.91 Å². The number of piperazine rings is 1. The van der Waals surface area contributed by atoms with Crippen molar-refractivity contribution in [3.8, 4) is 0 Å². The Morgan fingerprint density at radius 2 is 2.10 bits per heavy atom. The molecule has 4 rings (SSSR count). The lowest BCUT2D eigenvalue weighted by atomic mass is 10.1. The van der Waals surface area contributed by atoms with E-state index in [0.29, 0.717) is 45.9 Å². The Labute approximate surface area is 175 Å². The SMILES string of the molecule is CCOC(=O)C1CN(Cc2ccco2)CC2CN(C(=O)c3ncn(C)n3)CCN2C1. The number of esters is 1. The van der Waals surface area contributed by atoms with Crippen LogP contribution in [-0.2, 0) is 23.1 Å². The molecule has 10 heteroatoms. The molecule has 2 aromatic heterocycles. The predicted molar refractivity (Wildman–Crippen MR) is 106 cm³/mol. The molecule has 2 fully saturated rings. The van der Waals surface area contributed by atoms with Crippen molar-refractivity contribution in [2.45, 2.75) is 19.5 Å². The molecular weight excluding hydrogens is 388 g/mol. The van der Waals surface area contributed by atoms with Gasteiger partial charge in [-0.15, -0.1) is 5.10 Å². The Morgan fingerprint density at radius 1 is 1.23 bits per heavy atom. The van der Waals surface area contributed by atoms with Gasteiger partial charge in [-0.05, 0) is 19.1 Å². The summed E-state index contributed by atoms with van der Waals surface area (Å²) in [6, 6.07) is 3.91. The molecule has 2 aliphatic heterocycles. The molecule has 1 amide bonds. The minimum absolute atomic E-state index is 0.112. The Hall–Kier alpha value is -2.72. The smallest absolute Gasteiger partial charge is 0.311 e. The third kappa shape index (κ3) is 4.54. The molecule has 0 aromatic carbocycles. The summed E-state index contributed by atoms with van der Waals surface area (Å²) in [5.74, 6) is 0.520. The molecule has 2 unspecified atom stereocenters. The largest absolute Gasteiger partial charge is 0.468 e. The molecule has 4 heterocycles. The number of carbonyl (C=O) groups is 2. The summed E-state index contributed by atoms with van der Waals surface area (Å²) < 4.78 is 12.4. The minimum Gasteiger partial charge on any atom is -0.468 e. The number of nitrogens with zero attached hydrogens (tertiary/aromatic N) is 6. The van der Waals surface area contributed by atoms with Crippen LogP contribution in [0.15, 0.2) is 29.1 Å². The zero-order valence-corrected chi connectivity index (χ0v) is 17.4. The zero-order chi connectivity index (χ0) is 21.1. The van der Waals surface area contributed by atoms with Gasteiger partial charge in [-0.25, -0.2) is 4.98 Å². The van der Waals surface area contributed by atoms with Crippen molar-refractivity contribution >= 4 is 11.9 Å². The average Bonchev–Trinajstić information content (AvgIpc) is 3.35. The summed E-state index contributed by atoms with van der Waals surface area (Å²) >= 11 is 0. The summed E-state index contributed by atoms with van der Waals surface area (Å²) in [6.45, 7) is 6.63. The van der Waals surface area contributed by atoms with E-state index in [1.54, 1.807) is 13.3 Å². The molecule has 0 aliphatic carbocycles. The molecule has 2 saturated heterocycles. The number of hydrogen-bond donors (Lipinski definition) is 0. The number of fused-ring (bicyclic) bond motifs is 1. The second-order valence-corrected chi connectivity index (χ2v) is 7.86. The van der Waals surface area contributed by atoms with Crippen LogP contribution in [-0.4, -0.2) is 93.3 Å². The highest BCUT2D eigenvalue weighted by atomic mass is 16.5. The number of aromatic nitrogens is 3. The highest BCUT2D eigenvalue weighted by molar-refractivity contribution is 5.90. The van der Waals surface area contributed by atoms with Crippen molar-refractivity contribution in [1.82, 2.24) is 29.5 Å². The molecule has 2 aromatic rings. The second-order valence-electron chi connectivity index (χ2n) is 7.86. The van der Waals surface area contributed by atoms with Crippen LogP contribution in [0.3, 0.4) is 0 Å². The van der Waals surface area contributed by atoms with Gasteiger partial charge < -0.3 is 14.1 Å². The average molecular weight is 416 g/mol. The van der Waals surface area contributed by atoms with E-state index in [-0.39, 0.29) is 29.7 Å². The first-order valence-corrected chi connectivity index (χ1v) is 10.3. The molecular formula is C20H28N6O4.